The Balaban J connectivity index is 1.30. The number of amides is 1. The molecule has 3 N–H and O–H groups in total. The zero-order valence-electron chi connectivity index (χ0n) is 19.3. The number of anilines is 2. The second kappa shape index (κ2) is 10.6. The molecule has 0 aliphatic heterocycles. The zero-order chi connectivity index (χ0) is 24.9. The van der Waals surface area contributed by atoms with Gasteiger partial charge in [-0.25, -0.2) is 4.98 Å². The lowest BCUT2D eigenvalue weighted by molar-refractivity contribution is -0.113. The first kappa shape index (κ1) is 23.5. The van der Waals surface area contributed by atoms with Crippen LogP contribution in [0.5, 0.6) is 5.75 Å². The van der Waals surface area contributed by atoms with Crippen LogP contribution in [0.15, 0.2) is 96.0 Å². The van der Waals surface area contributed by atoms with E-state index in [4.69, 9.17) is 7.85 Å². The molecular formula is C27H22BN5O2S. The Morgan fingerprint density at radius 2 is 1.81 bits per heavy atom. The van der Waals surface area contributed by atoms with E-state index < -0.39 is 0 Å². The number of thioether (sulfide) groups is 1. The number of nitrogens with one attached hydrogen (secondary N) is 2. The van der Waals surface area contributed by atoms with Crippen molar-refractivity contribution in [3.05, 3.63) is 96.7 Å². The van der Waals surface area contributed by atoms with Crippen LogP contribution in [0, 0.1) is 0 Å². The second-order valence-electron chi connectivity index (χ2n) is 8.08. The third-order valence-electron chi connectivity index (χ3n) is 5.48. The van der Waals surface area contributed by atoms with Gasteiger partial charge >= 0.3 is 0 Å². The predicted molar refractivity (Wildman–Crippen MR) is 145 cm³/mol. The fraction of sp³-hybridized carbons (Fsp3) is 0.0741. The molecule has 7 nitrogen and oxygen atoms in total. The summed E-state index contributed by atoms with van der Waals surface area (Å²) in [5.74, 6) is 1.07. The van der Waals surface area contributed by atoms with Gasteiger partial charge in [0.25, 0.3) is 0 Å². The maximum atomic E-state index is 12.4. The standard InChI is InChI=1S/C27H22BN5O2S/c28-22-16-30-33-25(14-23(32-27(22)33)21-11-4-5-12-24(21)34)29-15-18-7-6-8-19(13-18)31-26(35)17-36-20-9-2-1-3-10-20/h1-14,16,29,34H,15,17H2,(H,31,35). The van der Waals surface area contributed by atoms with Crippen molar-refractivity contribution in [2.24, 2.45) is 0 Å². The lowest BCUT2D eigenvalue weighted by atomic mass is 10.0. The molecule has 2 radical (unpaired) electrons. The number of carbonyl (C=O) groups is 1. The van der Waals surface area contributed by atoms with Crippen LogP contribution in [0.2, 0.25) is 0 Å². The molecule has 0 aliphatic rings. The van der Waals surface area contributed by atoms with Crippen LogP contribution in [-0.4, -0.2) is 39.2 Å². The molecule has 0 bridgehead atoms. The summed E-state index contributed by atoms with van der Waals surface area (Å²) in [6, 6.07) is 26.3. The van der Waals surface area contributed by atoms with Gasteiger partial charge in [0.15, 0.2) is 5.65 Å². The summed E-state index contributed by atoms with van der Waals surface area (Å²) in [6.45, 7) is 0.474. The first-order chi connectivity index (χ1) is 17.6. The molecule has 36 heavy (non-hydrogen) atoms. The van der Waals surface area contributed by atoms with Crippen LogP contribution < -0.4 is 16.1 Å². The number of benzene rings is 3. The van der Waals surface area contributed by atoms with E-state index in [0.29, 0.717) is 40.5 Å². The first-order valence-corrected chi connectivity index (χ1v) is 12.3. The highest BCUT2D eigenvalue weighted by Crippen LogP contribution is 2.29. The maximum Gasteiger partial charge on any atom is 0.234 e. The molecule has 2 heterocycles. The Kier molecular flexibility index (Phi) is 6.91. The highest BCUT2D eigenvalue weighted by molar-refractivity contribution is 8.00. The number of phenols is 1. The van der Waals surface area contributed by atoms with Crippen molar-refractivity contribution < 1.29 is 9.90 Å². The predicted octanol–water partition coefficient (Wildman–Crippen LogP) is 4.24. The quantitative estimate of drug-likeness (QED) is 0.222. The van der Waals surface area contributed by atoms with Gasteiger partial charge in [0.05, 0.1) is 11.4 Å². The van der Waals surface area contributed by atoms with Gasteiger partial charge in [0.1, 0.15) is 19.4 Å². The Hall–Kier alpha value is -4.24. The molecule has 176 valence electrons. The molecule has 5 aromatic rings. The lowest BCUT2D eigenvalue weighted by Gasteiger charge is -2.13. The van der Waals surface area contributed by atoms with Crippen molar-refractivity contribution in [2.45, 2.75) is 11.4 Å². The van der Waals surface area contributed by atoms with Gasteiger partial charge in [-0.2, -0.15) is 9.61 Å². The van der Waals surface area contributed by atoms with Crippen LogP contribution in [0.3, 0.4) is 0 Å². The fourth-order valence-electron chi connectivity index (χ4n) is 3.75. The molecule has 5 rings (SSSR count). The number of aromatic nitrogens is 3. The molecule has 0 spiro atoms. The normalized spacial score (nSPS) is 10.9. The van der Waals surface area contributed by atoms with E-state index in [9.17, 15) is 9.90 Å². The molecule has 0 saturated carbocycles. The summed E-state index contributed by atoms with van der Waals surface area (Å²) >= 11 is 1.50. The number of hydrogen-bond donors (Lipinski definition) is 3. The molecule has 0 fully saturated rings. The largest absolute Gasteiger partial charge is 0.507 e. The van der Waals surface area contributed by atoms with Crippen LogP contribution in [0.4, 0.5) is 11.5 Å². The molecule has 3 aromatic carbocycles. The van der Waals surface area contributed by atoms with E-state index in [-0.39, 0.29) is 11.7 Å². The summed E-state index contributed by atoms with van der Waals surface area (Å²) < 4.78 is 1.63. The lowest BCUT2D eigenvalue weighted by Crippen LogP contribution is -2.14. The number of para-hydroxylation sites is 1. The Bertz CT molecular complexity index is 1520. The van der Waals surface area contributed by atoms with Gasteiger partial charge in [-0.1, -0.05) is 42.5 Å². The summed E-state index contributed by atoms with van der Waals surface area (Å²) in [6.07, 6.45) is 1.55. The number of aromatic hydroxyl groups is 1. The van der Waals surface area contributed by atoms with E-state index in [2.05, 4.69) is 20.7 Å². The number of hydrogen-bond acceptors (Lipinski definition) is 6. The Morgan fingerprint density at radius 1 is 1.00 bits per heavy atom. The van der Waals surface area contributed by atoms with Crippen molar-refractivity contribution in [3.8, 4) is 17.0 Å². The van der Waals surface area contributed by atoms with Gasteiger partial charge in [-0.3, -0.25) is 4.79 Å². The number of fused-ring (bicyclic) bond motifs is 1. The van der Waals surface area contributed by atoms with Gasteiger partial charge in [-0.05, 0) is 47.4 Å². The van der Waals surface area contributed by atoms with Crippen molar-refractivity contribution in [2.75, 3.05) is 16.4 Å². The smallest absolute Gasteiger partial charge is 0.234 e. The minimum absolute atomic E-state index is 0.0656. The van der Waals surface area contributed by atoms with E-state index in [1.165, 1.54) is 11.8 Å². The third kappa shape index (κ3) is 5.36. The molecule has 2 aromatic heterocycles. The van der Waals surface area contributed by atoms with Crippen LogP contribution >= 0.6 is 11.8 Å². The van der Waals surface area contributed by atoms with Crippen molar-refractivity contribution in [1.82, 2.24) is 14.6 Å². The number of rotatable bonds is 8. The average Bonchev–Trinajstić information content (AvgIpc) is 3.28. The molecule has 0 atom stereocenters. The van der Waals surface area contributed by atoms with E-state index in [1.54, 1.807) is 28.9 Å². The van der Waals surface area contributed by atoms with Gasteiger partial charge in [0.2, 0.25) is 5.91 Å². The van der Waals surface area contributed by atoms with Gasteiger partial charge < -0.3 is 15.7 Å². The summed E-state index contributed by atoms with van der Waals surface area (Å²) in [4.78, 5) is 18.1. The van der Waals surface area contributed by atoms with E-state index in [1.807, 2.05) is 66.7 Å². The van der Waals surface area contributed by atoms with Crippen molar-refractivity contribution in [3.63, 3.8) is 0 Å². The molecule has 0 aliphatic carbocycles. The highest BCUT2D eigenvalue weighted by Gasteiger charge is 2.13. The zero-order valence-corrected chi connectivity index (χ0v) is 20.1. The topological polar surface area (TPSA) is 91.5 Å². The van der Waals surface area contributed by atoms with Crippen LogP contribution in [-0.2, 0) is 11.3 Å². The van der Waals surface area contributed by atoms with Gasteiger partial charge in [-0.15, -0.1) is 11.8 Å². The van der Waals surface area contributed by atoms with Crippen LogP contribution in [0.1, 0.15) is 5.56 Å². The number of phenolic OH excluding ortho intramolecular Hbond substituents is 1. The highest BCUT2D eigenvalue weighted by atomic mass is 32.2. The fourth-order valence-corrected chi connectivity index (χ4v) is 4.47. The molecule has 1 amide bonds. The van der Waals surface area contributed by atoms with E-state index in [0.717, 1.165) is 16.1 Å². The minimum atomic E-state index is -0.0656. The van der Waals surface area contributed by atoms with E-state index >= 15 is 0 Å². The van der Waals surface area contributed by atoms with Crippen molar-refractivity contribution in [1.29, 1.82) is 0 Å². The monoisotopic (exact) mass is 491 g/mol. The maximum absolute atomic E-state index is 12.4. The molecule has 0 saturated heterocycles. The molecule has 9 heteroatoms. The summed E-state index contributed by atoms with van der Waals surface area (Å²) in [7, 11) is 6.09. The summed E-state index contributed by atoms with van der Waals surface area (Å²) in [5, 5.41) is 21.0. The second-order valence-corrected chi connectivity index (χ2v) is 9.13. The number of carbonyl (C=O) groups excluding carboxylic acids is 1. The minimum Gasteiger partial charge on any atom is -0.507 e. The SMILES string of the molecule is [B]c1cnn2c(NCc3cccc(NC(=O)CSc4ccccc4)c3)cc(-c3ccccc3O)nc12. The summed E-state index contributed by atoms with van der Waals surface area (Å²) in [5.41, 5.74) is 3.81. The Morgan fingerprint density at radius 3 is 2.64 bits per heavy atom. The van der Waals surface area contributed by atoms with Gasteiger partial charge in [0, 0.05) is 35.0 Å². The molecular weight excluding hydrogens is 469 g/mol. The number of nitrogens with zero attached hydrogens (tertiary/aromatic N) is 3. The van der Waals surface area contributed by atoms with Crippen LogP contribution in [0.25, 0.3) is 16.9 Å². The third-order valence-corrected chi connectivity index (χ3v) is 6.49. The molecule has 0 unspecified atom stereocenters. The van der Waals surface area contributed by atoms with Crippen molar-refractivity contribution >= 4 is 48.1 Å². The average molecular weight is 491 g/mol. The Labute approximate surface area is 214 Å². The first-order valence-electron chi connectivity index (χ1n) is 11.3.